The molecule has 2 nitrogen and oxygen atoms in total. The van der Waals surface area contributed by atoms with Gasteiger partial charge in [-0.05, 0) is 24.8 Å². The first-order valence-corrected chi connectivity index (χ1v) is 8.32. The average molecular weight is 271 g/mol. The minimum Gasteiger partial charge on any atom is -0.385 e. The maximum Gasteiger partial charge on any atom is 0.0467 e. The second-order valence-electron chi connectivity index (χ2n) is 6.56. The summed E-state index contributed by atoms with van der Waals surface area (Å²) in [5.41, 5.74) is 0.357. The fourth-order valence-corrected chi connectivity index (χ4v) is 2.28. The second kappa shape index (κ2) is 12.9. The highest BCUT2D eigenvalue weighted by atomic mass is 16.5. The van der Waals surface area contributed by atoms with Gasteiger partial charge in [-0.3, -0.25) is 0 Å². The molecule has 0 unspecified atom stereocenters. The van der Waals surface area contributed by atoms with Crippen LogP contribution in [-0.4, -0.2) is 26.8 Å². The summed E-state index contributed by atoms with van der Waals surface area (Å²) in [6.07, 6.45) is 12.3. The lowest BCUT2D eigenvalue weighted by Gasteiger charge is -2.24. The van der Waals surface area contributed by atoms with Crippen LogP contribution in [0, 0.1) is 5.41 Å². The summed E-state index contributed by atoms with van der Waals surface area (Å²) < 4.78 is 5.15. The van der Waals surface area contributed by atoms with E-state index < -0.39 is 0 Å². The Hall–Kier alpha value is -0.0800. The maximum absolute atomic E-state index is 5.15. The van der Waals surface area contributed by atoms with Gasteiger partial charge in [0.05, 0.1) is 0 Å². The van der Waals surface area contributed by atoms with Crippen molar-refractivity contribution in [3.63, 3.8) is 0 Å². The first-order chi connectivity index (χ1) is 9.12. The molecule has 0 rings (SSSR count). The van der Waals surface area contributed by atoms with E-state index in [2.05, 4.69) is 26.1 Å². The topological polar surface area (TPSA) is 21.3 Å². The van der Waals surface area contributed by atoms with Gasteiger partial charge in [0.25, 0.3) is 0 Å². The maximum atomic E-state index is 5.15. The third-order valence-corrected chi connectivity index (χ3v) is 3.79. The molecule has 0 fully saturated rings. The SMILES string of the molecule is CCCCCCCCCCNCC(C)(C)CCOC. The molecular weight excluding hydrogens is 234 g/mol. The van der Waals surface area contributed by atoms with E-state index in [0.717, 1.165) is 19.6 Å². The summed E-state index contributed by atoms with van der Waals surface area (Å²) in [7, 11) is 1.78. The Morgan fingerprint density at radius 1 is 0.895 bits per heavy atom. The fraction of sp³-hybridized carbons (Fsp3) is 1.00. The molecule has 0 saturated heterocycles. The third kappa shape index (κ3) is 14.1. The van der Waals surface area contributed by atoms with Gasteiger partial charge in [-0.1, -0.05) is 65.7 Å². The number of nitrogens with one attached hydrogen (secondary N) is 1. The molecule has 0 saturated carbocycles. The molecule has 0 heterocycles. The second-order valence-corrected chi connectivity index (χ2v) is 6.56. The van der Waals surface area contributed by atoms with E-state index in [1.807, 2.05) is 0 Å². The van der Waals surface area contributed by atoms with Crippen molar-refractivity contribution in [2.45, 2.75) is 78.6 Å². The van der Waals surface area contributed by atoms with Crippen LogP contribution in [0.15, 0.2) is 0 Å². The molecule has 116 valence electrons. The largest absolute Gasteiger partial charge is 0.385 e. The number of rotatable bonds is 14. The van der Waals surface area contributed by atoms with Gasteiger partial charge >= 0.3 is 0 Å². The van der Waals surface area contributed by atoms with Crippen LogP contribution in [0.5, 0.6) is 0 Å². The molecule has 1 N–H and O–H groups in total. The van der Waals surface area contributed by atoms with Crippen molar-refractivity contribution in [1.29, 1.82) is 0 Å². The number of hydrogen-bond acceptors (Lipinski definition) is 2. The summed E-state index contributed by atoms with van der Waals surface area (Å²) in [6, 6.07) is 0. The molecule has 0 amide bonds. The van der Waals surface area contributed by atoms with Crippen molar-refractivity contribution in [3.05, 3.63) is 0 Å². The van der Waals surface area contributed by atoms with E-state index in [1.165, 1.54) is 57.9 Å². The molecule has 19 heavy (non-hydrogen) atoms. The summed E-state index contributed by atoms with van der Waals surface area (Å²) in [6.45, 7) is 10.0. The van der Waals surface area contributed by atoms with Crippen molar-refractivity contribution in [1.82, 2.24) is 5.32 Å². The van der Waals surface area contributed by atoms with Crippen LogP contribution in [0.3, 0.4) is 0 Å². The fourth-order valence-electron chi connectivity index (χ4n) is 2.28. The van der Waals surface area contributed by atoms with Crippen LogP contribution in [0.4, 0.5) is 0 Å². The van der Waals surface area contributed by atoms with Crippen molar-refractivity contribution in [2.24, 2.45) is 5.41 Å². The van der Waals surface area contributed by atoms with Crippen molar-refractivity contribution in [3.8, 4) is 0 Å². The van der Waals surface area contributed by atoms with Crippen molar-refractivity contribution < 1.29 is 4.74 Å². The molecule has 0 spiro atoms. The molecule has 0 atom stereocenters. The Morgan fingerprint density at radius 3 is 2.05 bits per heavy atom. The lowest BCUT2D eigenvalue weighted by Crippen LogP contribution is -2.31. The van der Waals surface area contributed by atoms with Gasteiger partial charge in [0, 0.05) is 20.3 Å². The van der Waals surface area contributed by atoms with Crippen LogP contribution >= 0.6 is 0 Å². The predicted octanol–water partition coefficient (Wildman–Crippen LogP) is 4.78. The van der Waals surface area contributed by atoms with E-state index >= 15 is 0 Å². The molecule has 0 aliphatic heterocycles. The molecule has 0 aliphatic rings. The van der Waals surface area contributed by atoms with Gasteiger partial charge in [-0.25, -0.2) is 0 Å². The molecule has 0 aliphatic carbocycles. The van der Waals surface area contributed by atoms with Gasteiger partial charge in [-0.15, -0.1) is 0 Å². The summed E-state index contributed by atoms with van der Waals surface area (Å²) in [5.74, 6) is 0. The molecule has 0 radical (unpaired) electrons. The predicted molar refractivity (Wildman–Crippen MR) is 85.8 cm³/mol. The van der Waals surface area contributed by atoms with Gasteiger partial charge in [-0.2, -0.15) is 0 Å². The Morgan fingerprint density at radius 2 is 1.47 bits per heavy atom. The molecule has 0 aromatic carbocycles. The molecular formula is C17H37NO. The van der Waals surface area contributed by atoms with E-state index in [9.17, 15) is 0 Å². The Balaban J connectivity index is 3.21. The standard InChI is InChI=1S/C17H37NO/c1-5-6-7-8-9-10-11-12-14-18-16-17(2,3)13-15-19-4/h18H,5-16H2,1-4H3. The highest BCUT2D eigenvalue weighted by Gasteiger charge is 2.16. The molecule has 0 bridgehead atoms. The highest BCUT2D eigenvalue weighted by Crippen LogP contribution is 2.18. The van der Waals surface area contributed by atoms with E-state index in [1.54, 1.807) is 7.11 Å². The zero-order chi connectivity index (χ0) is 14.4. The number of ether oxygens (including phenoxy) is 1. The number of hydrogen-bond donors (Lipinski definition) is 1. The van der Waals surface area contributed by atoms with Gasteiger partial charge < -0.3 is 10.1 Å². The van der Waals surface area contributed by atoms with Crippen LogP contribution in [0.2, 0.25) is 0 Å². The zero-order valence-corrected chi connectivity index (χ0v) is 13.9. The minimum absolute atomic E-state index is 0.357. The number of unbranched alkanes of at least 4 members (excludes halogenated alkanes) is 7. The smallest absolute Gasteiger partial charge is 0.0467 e. The molecule has 0 aromatic rings. The summed E-state index contributed by atoms with van der Waals surface area (Å²) in [4.78, 5) is 0. The summed E-state index contributed by atoms with van der Waals surface area (Å²) in [5, 5.41) is 3.59. The Labute approximate surface area is 121 Å². The van der Waals surface area contributed by atoms with Crippen LogP contribution in [0.1, 0.15) is 78.6 Å². The van der Waals surface area contributed by atoms with Crippen LogP contribution in [-0.2, 0) is 4.74 Å². The number of methoxy groups -OCH3 is 1. The first kappa shape index (κ1) is 18.9. The van der Waals surface area contributed by atoms with Gasteiger partial charge in [0.2, 0.25) is 0 Å². The lowest BCUT2D eigenvalue weighted by molar-refractivity contribution is 0.151. The van der Waals surface area contributed by atoms with Crippen molar-refractivity contribution in [2.75, 3.05) is 26.8 Å². The first-order valence-electron chi connectivity index (χ1n) is 8.32. The summed E-state index contributed by atoms with van der Waals surface area (Å²) >= 11 is 0. The van der Waals surface area contributed by atoms with Crippen LogP contribution in [0.25, 0.3) is 0 Å². The normalized spacial score (nSPS) is 12.0. The highest BCUT2D eigenvalue weighted by molar-refractivity contribution is 4.71. The minimum atomic E-state index is 0.357. The van der Waals surface area contributed by atoms with E-state index in [0.29, 0.717) is 5.41 Å². The average Bonchev–Trinajstić information content (AvgIpc) is 2.38. The van der Waals surface area contributed by atoms with Gasteiger partial charge in [0.15, 0.2) is 0 Å². The monoisotopic (exact) mass is 271 g/mol. The quantitative estimate of drug-likeness (QED) is 0.459. The molecule has 2 heteroatoms. The van der Waals surface area contributed by atoms with Gasteiger partial charge in [0.1, 0.15) is 0 Å². The Bertz CT molecular complexity index is 180. The van der Waals surface area contributed by atoms with Crippen LogP contribution < -0.4 is 5.32 Å². The lowest BCUT2D eigenvalue weighted by atomic mass is 9.90. The van der Waals surface area contributed by atoms with E-state index in [4.69, 9.17) is 4.74 Å². The third-order valence-electron chi connectivity index (χ3n) is 3.79. The zero-order valence-electron chi connectivity index (χ0n) is 13.9. The Kier molecular flexibility index (Phi) is 12.9. The van der Waals surface area contributed by atoms with Crippen molar-refractivity contribution >= 4 is 0 Å². The molecule has 0 aromatic heterocycles. The van der Waals surface area contributed by atoms with E-state index in [-0.39, 0.29) is 0 Å².